The molecule has 0 aromatic rings. The third-order valence-electron chi connectivity index (χ3n) is 2.34. The minimum absolute atomic E-state index is 0.0585. The average molecular weight is 202 g/mol. The third-order valence-corrected chi connectivity index (χ3v) is 2.34. The van der Waals surface area contributed by atoms with Crippen molar-refractivity contribution in [2.75, 3.05) is 20.1 Å². The molecule has 0 aliphatic carbocycles. The summed E-state index contributed by atoms with van der Waals surface area (Å²) in [5.74, 6) is 0.321. The van der Waals surface area contributed by atoms with Crippen LogP contribution in [0.3, 0.4) is 0 Å². The maximum Gasteiger partial charge on any atom is 0.222 e. The molecule has 4 heteroatoms. The highest BCUT2D eigenvalue weighted by atomic mass is 16.3. The number of nitrogens with zero attached hydrogens (tertiary/aromatic N) is 1. The van der Waals surface area contributed by atoms with Gasteiger partial charge in [0.1, 0.15) is 0 Å². The first-order valence-electron chi connectivity index (χ1n) is 5.13. The fourth-order valence-electron chi connectivity index (χ4n) is 1.30. The number of carbonyl (C=O) groups is 1. The van der Waals surface area contributed by atoms with Gasteiger partial charge in [-0.15, -0.1) is 0 Å². The van der Waals surface area contributed by atoms with Crippen molar-refractivity contribution < 1.29 is 9.90 Å². The first-order chi connectivity index (χ1) is 6.51. The molecule has 0 rings (SSSR count). The van der Waals surface area contributed by atoms with Gasteiger partial charge in [0.2, 0.25) is 5.91 Å². The summed E-state index contributed by atoms with van der Waals surface area (Å²) in [5.41, 5.74) is 5.51. The van der Waals surface area contributed by atoms with Crippen LogP contribution in [0.5, 0.6) is 0 Å². The summed E-state index contributed by atoms with van der Waals surface area (Å²) in [4.78, 5) is 13.1. The second kappa shape index (κ2) is 6.79. The van der Waals surface area contributed by atoms with Gasteiger partial charge in [0.05, 0.1) is 6.10 Å². The fourth-order valence-corrected chi connectivity index (χ4v) is 1.30. The molecular weight excluding hydrogens is 180 g/mol. The number of hydrogen-bond acceptors (Lipinski definition) is 3. The minimum atomic E-state index is -0.470. The van der Waals surface area contributed by atoms with Crippen molar-refractivity contribution in [3.8, 4) is 0 Å². The van der Waals surface area contributed by atoms with Crippen LogP contribution < -0.4 is 5.73 Å². The maximum absolute atomic E-state index is 11.6. The zero-order chi connectivity index (χ0) is 11.1. The molecule has 14 heavy (non-hydrogen) atoms. The third kappa shape index (κ3) is 5.19. The topological polar surface area (TPSA) is 66.6 Å². The quantitative estimate of drug-likeness (QED) is 0.646. The van der Waals surface area contributed by atoms with Gasteiger partial charge in [0.15, 0.2) is 0 Å². The van der Waals surface area contributed by atoms with E-state index in [2.05, 4.69) is 0 Å². The van der Waals surface area contributed by atoms with Gasteiger partial charge in [-0.25, -0.2) is 0 Å². The molecule has 2 atom stereocenters. The highest BCUT2D eigenvalue weighted by molar-refractivity contribution is 5.76. The molecular formula is C10H22N2O2. The lowest BCUT2D eigenvalue weighted by Crippen LogP contribution is -2.35. The SMILES string of the molecule is CCC(CN)CC(=O)N(C)CC(C)O. The van der Waals surface area contributed by atoms with Gasteiger partial charge in [0, 0.05) is 20.0 Å². The second-order valence-electron chi connectivity index (χ2n) is 3.84. The number of hydrogen-bond donors (Lipinski definition) is 2. The number of amides is 1. The molecule has 0 bridgehead atoms. The van der Waals surface area contributed by atoms with E-state index < -0.39 is 6.10 Å². The van der Waals surface area contributed by atoms with E-state index in [1.54, 1.807) is 18.9 Å². The Bertz CT molecular complexity index is 168. The van der Waals surface area contributed by atoms with Crippen LogP contribution in [0.15, 0.2) is 0 Å². The first kappa shape index (κ1) is 13.4. The molecule has 0 aliphatic rings. The van der Waals surface area contributed by atoms with Gasteiger partial charge in [-0.2, -0.15) is 0 Å². The van der Waals surface area contributed by atoms with E-state index >= 15 is 0 Å². The summed E-state index contributed by atoms with van der Waals surface area (Å²) in [7, 11) is 1.71. The first-order valence-corrected chi connectivity index (χ1v) is 5.13. The summed E-state index contributed by atoms with van der Waals surface area (Å²) in [6.07, 6.45) is 0.933. The van der Waals surface area contributed by atoms with E-state index in [9.17, 15) is 4.79 Å². The molecule has 0 radical (unpaired) electrons. The van der Waals surface area contributed by atoms with Gasteiger partial charge in [0.25, 0.3) is 0 Å². The Kier molecular flexibility index (Phi) is 6.49. The monoisotopic (exact) mass is 202 g/mol. The molecule has 1 amide bonds. The second-order valence-corrected chi connectivity index (χ2v) is 3.84. The molecule has 0 fully saturated rings. The van der Waals surface area contributed by atoms with Crippen LogP contribution in [-0.2, 0) is 4.79 Å². The van der Waals surface area contributed by atoms with Crippen molar-refractivity contribution in [3.05, 3.63) is 0 Å². The Hall–Kier alpha value is -0.610. The lowest BCUT2D eigenvalue weighted by Gasteiger charge is -2.21. The van der Waals surface area contributed by atoms with Crippen molar-refractivity contribution in [2.45, 2.75) is 32.8 Å². The Balaban J connectivity index is 3.93. The molecule has 3 N–H and O–H groups in total. The zero-order valence-electron chi connectivity index (χ0n) is 9.36. The standard InChI is InChI=1S/C10H22N2O2/c1-4-9(6-11)5-10(14)12(3)7-8(2)13/h8-9,13H,4-7,11H2,1-3H3. The lowest BCUT2D eigenvalue weighted by atomic mass is 10.0. The normalized spacial score (nSPS) is 14.9. The summed E-state index contributed by atoms with van der Waals surface area (Å²) in [5, 5.41) is 9.10. The largest absolute Gasteiger partial charge is 0.392 e. The van der Waals surface area contributed by atoms with E-state index in [0.717, 1.165) is 6.42 Å². The van der Waals surface area contributed by atoms with E-state index in [1.807, 2.05) is 6.92 Å². The molecule has 2 unspecified atom stereocenters. The van der Waals surface area contributed by atoms with Crippen LogP contribution in [0.1, 0.15) is 26.7 Å². The molecule has 0 saturated carbocycles. The van der Waals surface area contributed by atoms with Crippen LogP contribution in [0.25, 0.3) is 0 Å². The van der Waals surface area contributed by atoms with Crippen LogP contribution in [0.2, 0.25) is 0 Å². The van der Waals surface area contributed by atoms with Crippen molar-refractivity contribution in [1.82, 2.24) is 4.90 Å². The smallest absolute Gasteiger partial charge is 0.222 e. The molecule has 4 nitrogen and oxygen atoms in total. The van der Waals surface area contributed by atoms with Crippen LogP contribution in [0, 0.1) is 5.92 Å². The minimum Gasteiger partial charge on any atom is -0.392 e. The van der Waals surface area contributed by atoms with Gasteiger partial charge in [-0.3, -0.25) is 4.79 Å². The lowest BCUT2D eigenvalue weighted by molar-refractivity contribution is -0.132. The Morgan fingerprint density at radius 2 is 2.14 bits per heavy atom. The Labute approximate surface area is 86.1 Å². The van der Waals surface area contributed by atoms with E-state index in [1.165, 1.54) is 0 Å². The van der Waals surface area contributed by atoms with Gasteiger partial charge < -0.3 is 15.7 Å². The van der Waals surface area contributed by atoms with Gasteiger partial charge in [-0.05, 0) is 19.4 Å². The molecule has 0 spiro atoms. The van der Waals surface area contributed by atoms with E-state index in [0.29, 0.717) is 19.5 Å². The Morgan fingerprint density at radius 3 is 2.50 bits per heavy atom. The summed E-state index contributed by atoms with van der Waals surface area (Å²) in [6, 6.07) is 0. The summed E-state index contributed by atoms with van der Waals surface area (Å²) >= 11 is 0. The molecule has 84 valence electrons. The zero-order valence-corrected chi connectivity index (χ0v) is 9.36. The molecule has 0 aromatic heterocycles. The van der Waals surface area contributed by atoms with Crippen molar-refractivity contribution >= 4 is 5.91 Å². The highest BCUT2D eigenvalue weighted by Gasteiger charge is 2.15. The Morgan fingerprint density at radius 1 is 1.57 bits per heavy atom. The van der Waals surface area contributed by atoms with Crippen molar-refractivity contribution in [3.63, 3.8) is 0 Å². The fraction of sp³-hybridized carbons (Fsp3) is 0.900. The summed E-state index contributed by atoms with van der Waals surface area (Å²) in [6.45, 7) is 4.63. The maximum atomic E-state index is 11.6. The number of aliphatic hydroxyl groups excluding tert-OH is 1. The number of nitrogens with two attached hydrogens (primary N) is 1. The molecule has 0 heterocycles. The predicted octanol–water partition coefficient (Wildman–Crippen LogP) is 0.201. The molecule has 0 saturated heterocycles. The molecule has 0 aliphatic heterocycles. The number of carbonyl (C=O) groups excluding carboxylic acids is 1. The van der Waals surface area contributed by atoms with Crippen molar-refractivity contribution in [1.29, 1.82) is 0 Å². The average Bonchev–Trinajstić information content (AvgIpc) is 2.12. The number of likely N-dealkylation sites (N-methyl/N-ethyl adjacent to an activating group) is 1. The van der Waals surface area contributed by atoms with Crippen LogP contribution in [-0.4, -0.2) is 42.2 Å². The van der Waals surface area contributed by atoms with Gasteiger partial charge >= 0.3 is 0 Å². The predicted molar refractivity (Wildman–Crippen MR) is 56.8 cm³/mol. The van der Waals surface area contributed by atoms with Crippen molar-refractivity contribution in [2.24, 2.45) is 11.7 Å². The molecule has 0 aromatic carbocycles. The van der Waals surface area contributed by atoms with E-state index in [-0.39, 0.29) is 11.8 Å². The highest BCUT2D eigenvalue weighted by Crippen LogP contribution is 2.08. The van der Waals surface area contributed by atoms with Gasteiger partial charge in [-0.1, -0.05) is 13.3 Å². The number of aliphatic hydroxyl groups is 1. The summed E-state index contributed by atoms with van der Waals surface area (Å²) < 4.78 is 0. The van der Waals surface area contributed by atoms with E-state index in [4.69, 9.17) is 10.8 Å². The van der Waals surface area contributed by atoms with Crippen LogP contribution in [0.4, 0.5) is 0 Å². The van der Waals surface area contributed by atoms with Crippen LogP contribution >= 0.6 is 0 Å². The number of rotatable bonds is 6.